The first-order valence-electron chi connectivity index (χ1n) is 8.06. The normalized spacial score (nSPS) is 17.2. The molecule has 1 fully saturated rings. The van der Waals surface area contributed by atoms with Crippen LogP contribution in [-0.4, -0.2) is 35.7 Å². The minimum absolute atomic E-state index is 0.107. The molecule has 7 heteroatoms. The first-order chi connectivity index (χ1) is 11.5. The Labute approximate surface area is 145 Å². The number of nitrogens with one attached hydrogen (secondary N) is 3. The molecule has 1 aliphatic heterocycles. The molecule has 128 valence electrons. The number of aromatic amines is 2. The summed E-state index contributed by atoms with van der Waals surface area (Å²) in [7, 11) is 0. The van der Waals surface area contributed by atoms with E-state index >= 15 is 0 Å². The number of carbonyl (C=O) groups is 1. The molecule has 0 aliphatic carbocycles. The van der Waals surface area contributed by atoms with E-state index in [9.17, 15) is 9.59 Å². The van der Waals surface area contributed by atoms with Crippen molar-refractivity contribution < 1.29 is 4.79 Å². The van der Waals surface area contributed by atoms with E-state index in [-0.39, 0.29) is 17.9 Å². The minimum atomic E-state index is -0.226. The summed E-state index contributed by atoms with van der Waals surface area (Å²) in [4.78, 5) is 25.9. The van der Waals surface area contributed by atoms with Crippen LogP contribution in [0.4, 0.5) is 5.69 Å². The van der Waals surface area contributed by atoms with Gasteiger partial charge in [-0.3, -0.25) is 14.7 Å². The molecule has 1 amide bonds. The van der Waals surface area contributed by atoms with Gasteiger partial charge in [-0.15, -0.1) is 0 Å². The highest BCUT2D eigenvalue weighted by atomic mass is 35.5. The quantitative estimate of drug-likeness (QED) is 0.771. The predicted molar refractivity (Wildman–Crippen MR) is 94.6 cm³/mol. The molecular formula is C17H21ClN4O2. The Kier molecular flexibility index (Phi) is 4.94. The highest BCUT2D eigenvalue weighted by molar-refractivity contribution is 6.30. The van der Waals surface area contributed by atoms with Crippen molar-refractivity contribution in [2.24, 2.45) is 5.92 Å². The van der Waals surface area contributed by atoms with Gasteiger partial charge in [0.15, 0.2) is 0 Å². The van der Waals surface area contributed by atoms with Gasteiger partial charge in [-0.05, 0) is 37.5 Å². The van der Waals surface area contributed by atoms with Crippen LogP contribution in [0, 0.1) is 12.8 Å². The van der Waals surface area contributed by atoms with E-state index in [4.69, 9.17) is 11.6 Å². The Morgan fingerprint density at radius 3 is 2.96 bits per heavy atom. The van der Waals surface area contributed by atoms with Gasteiger partial charge in [0.1, 0.15) is 0 Å². The van der Waals surface area contributed by atoms with Crippen LogP contribution in [0.25, 0.3) is 0 Å². The number of hydrogen-bond acceptors (Lipinski definition) is 3. The second-order valence-corrected chi connectivity index (χ2v) is 6.68. The number of carbonyl (C=O) groups excluding carboxylic acids is 1. The van der Waals surface area contributed by atoms with Gasteiger partial charge >= 0.3 is 0 Å². The molecule has 0 unspecified atom stereocenters. The lowest BCUT2D eigenvalue weighted by Gasteiger charge is -2.19. The van der Waals surface area contributed by atoms with Crippen LogP contribution in [-0.2, 0) is 11.2 Å². The van der Waals surface area contributed by atoms with Gasteiger partial charge in [0.2, 0.25) is 5.91 Å². The van der Waals surface area contributed by atoms with Crippen LogP contribution in [0.5, 0.6) is 0 Å². The number of amides is 1. The Balaban J connectivity index is 1.49. The van der Waals surface area contributed by atoms with E-state index in [2.05, 4.69) is 20.4 Å². The molecule has 1 aromatic carbocycles. The van der Waals surface area contributed by atoms with Crippen molar-refractivity contribution in [3.63, 3.8) is 0 Å². The number of aryl methyl sites for hydroxylation is 1. The number of halogens is 1. The fourth-order valence-electron chi connectivity index (χ4n) is 3.07. The van der Waals surface area contributed by atoms with E-state index < -0.39 is 0 Å². The largest absolute Gasteiger partial charge is 0.371 e. The lowest BCUT2D eigenvalue weighted by molar-refractivity contribution is -0.120. The van der Waals surface area contributed by atoms with Crippen LogP contribution in [0.2, 0.25) is 5.02 Å². The Hall–Kier alpha value is -2.21. The fraction of sp³-hybridized carbons (Fsp3) is 0.412. The molecule has 1 atom stereocenters. The van der Waals surface area contributed by atoms with Gasteiger partial charge in [-0.1, -0.05) is 17.7 Å². The topological polar surface area (TPSA) is 81.0 Å². The van der Waals surface area contributed by atoms with Gasteiger partial charge in [-0.25, -0.2) is 0 Å². The van der Waals surface area contributed by atoms with Crippen molar-refractivity contribution in [3.05, 3.63) is 50.9 Å². The Bertz CT molecular complexity index is 783. The molecule has 0 saturated carbocycles. The number of aromatic nitrogens is 2. The molecule has 2 heterocycles. The average Bonchev–Trinajstić information content (AvgIpc) is 3.15. The SMILES string of the molecule is Cc1[nH][nH]c(=O)c1CC(=O)NC[C@@H]1CCN(c2cccc(Cl)c2)C1. The van der Waals surface area contributed by atoms with Gasteiger partial charge in [0.25, 0.3) is 5.56 Å². The molecule has 1 saturated heterocycles. The fourth-order valence-corrected chi connectivity index (χ4v) is 3.26. The molecule has 2 aromatic rings. The number of H-pyrrole nitrogens is 2. The molecule has 3 rings (SSSR count). The maximum Gasteiger partial charge on any atom is 0.267 e. The minimum Gasteiger partial charge on any atom is -0.371 e. The summed E-state index contributed by atoms with van der Waals surface area (Å²) in [6.07, 6.45) is 1.13. The number of anilines is 1. The van der Waals surface area contributed by atoms with Crippen LogP contribution < -0.4 is 15.8 Å². The van der Waals surface area contributed by atoms with Crippen LogP contribution in [0.15, 0.2) is 29.1 Å². The molecule has 3 N–H and O–H groups in total. The molecule has 0 radical (unpaired) electrons. The number of hydrogen-bond donors (Lipinski definition) is 3. The van der Waals surface area contributed by atoms with Gasteiger partial charge in [-0.2, -0.15) is 0 Å². The zero-order chi connectivity index (χ0) is 17.1. The maximum absolute atomic E-state index is 12.1. The van der Waals surface area contributed by atoms with Crippen molar-refractivity contribution in [2.45, 2.75) is 19.8 Å². The monoisotopic (exact) mass is 348 g/mol. The van der Waals surface area contributed by atoms with Crippen molar-refractivity contribution in [1.29, 1.82) is 0 Å². The number of rotatable bonds is 5. The molecule has 0 spiro atoms. The molecule has 6 nitrogen and oxygen atoms in total. The van der Waals surface area contributed by atoms with Crippen molar-refractivity contribution in [3.8, 4) is 0 Å². The van der Waals surface area contributed by atoms with E-state index in [0.29, 0.717) is 23.7 Å². The first kappa shape index (κ1) is 16.6. The summed E-state index contributed by atoms with van der Waals surface area (Å²) >= 11 is 6.04. The van der Waals surface area contributed by atoms with Crippen LogP contribution in [0.3, 0.4) is 0 Å². The molecular weight excluding hydrogens is 328 g/mol. The van der Waals surface area contributed by atoms with Crippen molar-refractivity contribution in [2.75, 3.05) is 24.5 Å². The third-order valence-electron chi connectivity index (χ3n) is 4.47. The molecule has 1 aromatic heterocycles. The van der Waals surface area contributed by atoms with Gasteiger partial charge in [0, 0.05) is 41.6 Å². The summed E-state index contributed by atoms with van der Waals surface area (Å²) in [5.41, 5.74) is 2.10. The first-order valence-corrected chi connectivity index (χ1v) is 8.44. The third-order valence-corrected chi connectivity index (χ3v) is 4.71. The highest BCUT2D eigenvalue weighted by Crippen LogP contribution is 2.25. The van der Waals surface area contributed by atoms with Gasteiger partial charge in [0.05, 0.1) is 6.42 Å². The smallest absolute Gasteiger partial charge is 0.267 e. The summed E-state index contributed by atoms with van der Waals surface area (Å²) in [5, 5.41) is 8.90. The second kappa shape index (κ2) is 7.13. The Morgan fingerprint density at radius 1 is 1.42 bits per heavy atom. The van der Waals surface area contributed by atoms with E-state index in [1.807, 2.05) is 24.3 Å². The molecule has 1 aliphatic rings. The summed E-state index contributed by atoms with van der Waals surface area (Å²) < 4.78 is 0. The van der Waals surface area contributed by atoms with E-state index in [1.165, 1.54) is 0 Å². The predicted octanol–water partition coefficient (Wildman–Crippen LogP) is 1.85. The molecule has 0 bridgehead atoms. The standard InChI is InChI=1S/C17H21ClN4O2/c1-11-15(17(24)21-20-11)8-16(23)19-9-12-5-6-22(10-12)14-4-2-3-13(18)7-14/h2-4,7,12H,5-6,8-10H2,1H3,(H,19,23)(H2,20,21,24)/t12-/m0/s1. The Morgan fingerprint density at radius 2 is 2.25 bits per heavy atom. The van der Waals surface area contributed by atoms with E-state index in [1.54, 1.807) is 6.92 Å². The zero-order valence-corrected chi connectivity index (χ0v) is 14.3. The van der Waals surface area contributed by atoms with Gasteiger partial charge < -0.3 is 15.3 Å². The zero-order valence-electron chi connectivity index (χ0n) is 13.6. The van der Waals surface area contributed by atoms with Crippen LogP contribution >= 0.6 is 11.6 Å². The second-order valence-electron chi connectivity index (χ2n) is 6.24. The molecule has 24 heavy (non-hydrogen) atoms. The summed E-state index contributed by atoms with van der Waals surface area (Å²) in [6, 6.07) is 7.82. The third kappa shape index (κ3) is 3.82. The van der Waals surface area contributed by atoms with Crippen molar-refractivity contribution in [1.82, 2.24) is 15.5 Å². The van der Waals surface area contributed by atoms with Crippen LogP contribution in [0.1, 0.15) is 17.7 Å². The van der Waals surface area contributed by atoms with E-state index in [0.717, 1.165) is 30.2 Å². The summed E-state index contributed by atoms with van der Waals surface area (Å²) in [6.45, 7) is 4.25. The summed E-state index contributed by atoms with van der Waals surface area (Å²) in [5.74, 6) is 0.281. The number of nitrogens with zero attached hydrogens (tertiary/aromatic N) is 1. The van der Waals surface area contributed by atoms with Crippen molar-refractivity contribution >= 4 is 23.2 Å². The number of benzene rings is 1. The lowest BCUT2D eigenvalue weighted by Crippen LogP contribution is -2.33. The lowest BCUT2D eigenvalue weighted by atomic mass is 10.1. The maximum atomic E-state index is 12.1. The highest BCUT2D eigenvalue weighted by Gasteiger charge is 2.23. The average molecular weight is 349 g/mol.